The Bertz CT molecular complexity index is 391. The van der Waals surface area contributed by atoms with Crippen LogP contribution in [0.15, 0.2) is 0 Å². The summed E-state index contributed by atoms with van der Waals surface area (Å²) in [5, 5.41) is 9.38. The molecule has 0 aliphatic carbocycles. The van der Waals surface area contributed by atoms with Crippen molar-refractivity contribution in [2.45, 2.75) is 51.4 Å². The van der Waals surface area contributed by atoms with Crippen molar-refractivity contribution in [3.63, 3.8) is 0 Å². The lowest BCUT2D eigenvalue weighted by atomic mass is 10.1. The van der Waals surface area contributed by atoms with Crippen LogP contribution in [0.4, 0.5) is 0 Å². The molecule has 112 valence electrons. The molecule has 19 heavy (non-hydrogen) atoms. The third kappa shape index (κ3) is 3.28. The van der Waals surface area contributed by atoms with Crippen molar-refractivity contribution in [2.24, 2.45) is 0 Å². The highest BCUT2D eigenvalue weighted by Gasteiger charge is 2.39. The molecule has 2 aliphatic rings. The first kappa shape index (κ1) is 15.2. The topological polar surface area (TPSA) is 70.1 Å². The highest BCUT2D eigenvalue weighted by molar-refractivity contribution is 7.86. The number of ether oxygens (including phenoxy) is 1. The summed E-state index contributed by atoms with van der Waals surface area (Å²) in [4.78, 5) is 0. The number of aliphatic hydroxyl groups is 1. The summed E-state index contributed by atoms with van der Waals surface area (Å²) in [6, 6.07) is -0.271. The van der Waals surface area contributed by atoms with Crippen LogP contribution in [0.5, 0.6) is 0 Å². The van der Waals surface area contributed by atoms with E-state index in [0.29, 0.717) is 19.6 Å². The predicted molar refractivity (Wildman–Crippen MR) is 71.9 cm³/mol. The van der Waals surface area contributed by atoms with E-state index in [9.17, 15) is 13.5 Å². The van der Waals surface area contributed by atoms with Crippen LogP contribution < -0.4 is 0 Å². The Balaban J connectivity index is 2.16. The molecule has 1 N–H and O–H groups in total. The summed E-state index contributed by atoms with van der Waals surface area (Å²) in [6.07, 6.45) is 2.41. The average Bonchev–Trinajstić information content (AvgIpc) is 2.37. The van der Waals surface area contributed by atoms with Crippen LogP contribution in [0.25, 0.3) is 0 Å². The van der Waals surface area contributed by atoms with Gasteiger partial charge < -0.3 is 9.84 Å². The van der Waals surface area contributed by atoms with E-state index in [-0.39, 0.29) is 24.9 Å². The molecule has 2 aliphatic heterocycles. The maximum Gasteiger partial charge on any atom is 0.282 e. The Morgan fingerprint density at radius 1 is 1.21 bits per heavy atom. The Morgan fingerprint density at radius 3 is 2.42 bits per heavy atom. The molecule has 0 aromatic rings. The zero-order valence-electron chi connectivity index (χ0n) is 11.7. The van der Waals surface area contributed by atoms with Crippen LogP contribution in [0.1, 0.15) is 33.1 Å². The van der Waals surface area contributed by atoms with E-state index in [1.165, 1.54) is 8.61 Å². The third-order valence-electron chi connectivity index (χ3n) is 3.79. The SMILES string of the molecule is C[C@@H]1CN(S(=O)(=O)N2CCCCC2CO)C[C@H](C)O1. The summed E-state index contributed by atoms with van der Waals surface area (Å²) in [7, 11) is -3.49. The lowest BCUT2D eigenvalue weighted by Crippen LogP contribution is -2.56. The molecule has 0 aromatic carbocycles. The molecule has 7 heteroatoms. The van der Waals surface area contributed by atoms with Gasteiger partial charge in [0.25, 0.3) is 10.2 Å². The molecule has 0 bridgehead atoms. The van der Waals surface area contributed by atoms with Crippen LogP contribution in [0.2, 0.25) is 0 Å². The molecule has 2 heterocycles. The number of rotatable bonds is 3. The van der Waals surface area contributed by atoms with Crippen molar-refractivity contribution < 1.29 is 18.3 Å². The minimum atomic E-state index is -3.49. The van der Waals surface area contributed by atoms with Gasteiger partial charge in [0.05, 0.1) is 18.8 Å². The van der Waals surface area contributed by atoms with Gasteiger partial charge in [-0.3, -0.25) is 0 Å². The zero-order chi connectivity index (χ0) is 14.0. The van der Waals surface area contributed by atoms with Gasteiger partial charge in [-0.1, -0.05) is 6.42 Å². The Labute approximate surface area is 115 Å². The van der Waals surface area contributed by atoms with E-state index in [1.54, 1.807) is 0 Å². The molecule has 0 spiro atoms. The van der Waals surface area contributed by atoms with Crippen LogP contribution in [-0.4, -0.2) is 66.6 Å². The van der Waals surface area contributed by atoms with E-state index in [1.807, 2.05) is 13.8 Å². The van der Waals surface area contributed by atoms with Gasteiger partial charge in [-0.05, 0) is 26.7 Å². The second-order valence-corrected chi connectivity index (χ2v) is 7.41. The number of morpholine rings is 1. The fourth-order valence-electron chi connectivity index (χ4n) is 2.93. The monoisotopic (exact) mass is 292 g/mol. The largest absolute Gasteiger partial charge is 0.395 e. The minimum absolute atomic E-state index is 0.0871. The molecule has 6 nitrogen and oxygen atoms in total. The summed E-state index contributed by atoms with van der Waals surface area (Å²) in [6.45, 7) is 4.96. The van der Waals surface area contributed by atoms with Crippen molar-refractivity contribution in [3.05, 3.63) is 0 Å². The number of hydrogen-bond donors (Lipinski definition) is 1. The van der Waals surface area contributed by atoms with Gasteiger partial charge in [0.1, 0.15) is 0 Å². The van der Waals surface area contributed by atoms with E-state index >= 15 is 0 Å². The third-order valence-corrected chi connectivity index (χ3v) is 5.82. The number of piperidine rings is 1. The lowest BCUT2D eigenvalue weighted by Gasteiger charge is -2.41. The quantitative estimate of drug-likeness (QED) is 0.806. The van der Waals surface area contributed by atoms with E-state index in [4.69, 9.17) is 4.74 Å². The van der Waals surface area contributed by atoms with Gasteiger partial charge in [-0.15, -0.1) is 0 Å². The van der Waals surface area contributed by atoms with Crippen LogP contribution >= 0.6 is 0 Å². The highest BCUT2D eigenvalue weighted by Crippen LogP contribution is 2.24. The first-order valence-corrected chi connectivity index (χ1v) is 8.38. The van der Waals surface area contributed by atoms with Gasteiger partial charge in [0.2, 0.25) is 0 Å². The summed E-state index contributed by atoms with van der Waals surface area (Å²) >= 11 is 0. The molecule has 2 fully saturated rings. The van der Waals surface area contributed by atoms with Gasteiger partial charge >= 0.3 is 0 Å². The summed E-state index contributed by atoms with van der Waals surface area (Å²) in [5.74, 6) is 0. The second-order valence-electron chi connectivity index (χ2n) is 5.52. The summed E-state index contributed by atoms with van der Waals surface area (Å²) < 4.78 is 33.9. The summed E-state index contributed by atoms with van der Waals surface area (Å²) in [5.41, 5.74) is 0. The number of aliphatic hydroxyl groups excluding tert-OH is 1. The molecule has 0 aromatic heterocycles. The Morgan fingerprint density at radius 2 is 1.84 bits per heavy atom. The molecule has 2 saturated heterocycles. The van der Waals surface area contributed by atoms with E-state index in [2.05, 4.69) is 0 Å². The van der Waals surface area contributed by atoms with Crippen LogP contribution in [0.3, 0.4) is 0 Å². The molecular formula is C12H24N2O4S. The lowest BCUT2D eigenvalue weighted by molar-refractivity contribution is -0.0462. The van der Waals surface area contributed by atoms with Crippen molar-refractivity contribution in [2.75, 3.05) is 26.2 Å². The first-order valence-electron chi connectivity index (χ1n) is 6.98. The van der Waals surface area contributed by atoms with Crippen molar-refractivity contribution in [1.82, 2.24) is 8.61 Å². The number of hydrogen-bond acceptors (Lipinski definition) is 4. The predicted octanol–water partition coefficient (Wildman–Crippen LogP) is 0.187. The molecule has 1 unspecified atom stereocenters. The first-order chi connectivity index (χ1) is 8.95. The fourth-order valence-corrected chi connectivity index (χ4v) is 4.93. The van der Waals surface area contributed by atoms with Crippen molar-refractivity contribution in [1.29, 1.82) is 0 Å². The standard InChI is InChI=1S/C12H24N2O4S/c1-10-7-13(8-11(2)18-10)19(16,17)14-6-4-3-5-12(14)9-15/h10-12,15H,3-9H2,1-2H3/t10-,11+,12?. The van der Waals surface area contributed by atoms with Gasteiger partial charge in [0, 0.05) is 25.7 Å². The Kier molecular flexibility index (Phi) is 4.84. The van der Waals surface area contributed by atoms with Crippen LogP contribution in [0, 0.1) is 0 Å². The normalized spacial score (nSPS) is 35.4. The fraction of sp³-hybridized carbons (Fsp3) is 1.00. The smallest absolute Gasteiger partial charge is 0.282 e. The minimum Gasteiger partial charge on any atom is -0.395 e. The highest BCUT2D eigenvalue weighted by atomic mass is 32.2. The van der Waals surface area contributed by atoms with Gasteiger partial charge in [0.15, 0.2) is 0 Å². The average molecular weight is 292 g/mol. The van der Waals surface area contributed by atoms with Crippen molar-refractivity contribution >= 4 is 10.2 Å². The van der Waals surface area contributed by atoms with E-state index < -0.39 is 10.2 Å². The van der Waals surface area contributed by atoms with Gasteiger partial charge in [-0.25, -0.2) is 0 Å². The molecule has 0 saturated carbocycles. The zero-order valence-corrected chi connectivity index (χ0v) is 12.5. The van der Waals surface area contributed by atoms with Gasteiger partial charge in [-0.2, -0.15) is 17.0 Å². The molecule has 0 amide bonds. The maximum absolute atomic E-state index is 12.7. The molecular weight excluding hydrogens is 268 g/mol. The molecule has 2 rings (SSSR count). The molecule has 3 atom stereocenters. The number of nitrogens with zero attached hydrogens (tertiary/aromatic N) is 2. The second kappa shape index (κ2) is 6.05. The molecule has 0 radical (unpaired) electrons. The van der Waals surface area contributed by atoms with E-state index in [0.717, 1.165) is 19.3 Å². The van der Waals surface area contributed by atoms with Crippen molar-refractivity contribution in [3.8, 4) is 0 Å². The Hall–Kier alpha value is -0.210. The maximum atomic E-state index is 12.7. The van der Waals surface area contributed by atoms with Crippen LogP contribution in [-0.2, 0) is 14.9 Å².